The Kier molecular flexibility index (Phi) is 13.0. The van der Waals surface area contributed by atoms with Crippen LogP contribution in [0.4, 0.5) is 4.79 Å². The largest absolute Gasteiger partial charge is 0.444 e. The van der Waals surface area contributed by atoms with Crippen LogP contribution in [0.3, 0.4) is 0 Å². The fourth-order valence-electron chi connectivity index (χ4n) is 2.26. The van der Waals surface area contributed by atoms with Gasteiger partial charge in [0, 0.05) is 33.4 Å². The molecule has 1 saturated carbocycles. The number of alkyl carbamates (subject to hydrolysis) is 1. The van der Waals surface area contributed by atoms with E-state index >= 15 is 0 Å². The van der Waals surface area contributed by atoms with Gasteiger partial charge in [0.25, 0.3) is 0 Å². The number of nitrogens with zero attached hydrogens (tertiary/aromatic N) is 1. The smallest absolute Gasteiger partial charge is 0.407 e. The molecule has 160 valence electrons. The molecule has 1 amide bonds. The number of halogens is 1. The van der Waals surface area contributed by atoms with Gasteiger partial charge < -0.3 is 25.4 Å². The van der Waals surface area contributed by atoms with Gasteiger partial charge in [0.05, 0.1) is 6.04 Å². The Morgan fingerprint density at radius 1 is 1.22 bits per heavy atom. The van der Waals surface area contributed by atoms with E-state index in [0.29, 0.717) is 6.54 Å². The van der Waals surface area contributed by atoms with Crippen molar-refractivity contribution < 1.29 is 14.3 Å². The van der Waals surface area contributed by atoms with E-state index in [-0.39, 0.29) is 35.9 Å². The molecule has 1 aliphatic rings. The highest BCUT2D eigenvalue weighted by Gasteiger charge is 2.22. The third-order valence-electron chi connectivity index (χ3n) is 4.03. The molecule has 0 radical (unpaired) electrons. The highest BCUT2D eigenvalue weighted by atomic mass is 127. The average molecular weight is 498 g/mol. The topological polar surface area (TPSA) is 84.0 Å². The summed E-state index contributed by atoms with van der Waals surface area (Å²) in [6.45, 7) is 12.8. The van der Waals surface area contributed by atoms with Gasteiger partial charge in [0.1, 0.15) is 5.60 Å². The molecular weight excluding hydrogens is 459 g/mol. The lowest BCUT2D eigenvalue weighted by Crippen LogP contribution is -2.50. The van der Waals surface area contributed by atoms with Crippen molar-refractivity contribution in [1.82, 2.24) is 16.0 Å². The second-order valence-corrected chi connectivity index (χ2v) is 8.25. The first-order chi connectivity index (χ1) is 12.2. The first kappa shape index (κ1) is 26.2. The minimum Gasteiger partial charge on any atom is -0.444 e. The highest BCUT2D eigenvalue weighted by molar-refractivity contribution is 14.0. The molecule has 0 aromatic carbocycles. The molecule has 0 aromatic rings. The number of guanidine groups is 1. The number of ether oxygens (including phenoxy) is 2. The first-order valence-corrected chi connectivity index (χ1v) is 9.73. The van der Waals surface area contributed by atoms with Gasteiger partial charge in [-0.1, -0.05) is 13.8 Å². The van der Waals surface area contributed by atoms with Crippen LogP contribution in [-0.2, 0) is 9.47 Å². The minimum absolute atomic E-state index is 0. The van der Waals surface area contributed by atoms with E-state index in [4.69, 9.17) is 9.47 Å². The molecule has 0 spiro atoms. The summed E-state index contributed by atoms with van der Waals surface area (Å²) in [5.74, 6) is 1.80. The molecule has 0 heterocycles. The molecular formula is C19H39IN4O3. The number of aliphatic imine (C=N–C) groups is 1. The van der Waals surface area contributed by atoms with Gasteiger partial charge in [0.15, 0.2) is 5.96 Å². The standard InChI is InChI=1S/C19H38N4O3.HI/c1-14(2)16(23-18(24)26-19(3,4)5)12-22-17(20-6)21-10-7-11-25-13-15-8-9-15;/h14-16H,7-13H2,1-6H3,(H,23,24)(H2,20,21,22);1H. The summed E-state index contributed by atoms with van der Waals surface area (Å²) in [5.41, 5.74) is -0.502. The van der Waals surface area contributed by atoms with Crippen molar-refractivity contribution in [2.75, 3.05) is 33.4 Å². The van der Waals surface area contributed by atoms with Gasteiger partial charge in [-0.15, -0.1) is 24.0 Å². The van der Waals surface area contributed by atoms with Crippen LogP contribution in [0.2, 0.25) is 0 Å². The third kappa shape index (κ3) is 14.0. The zero-order valence-electron chi connectivity index (χ0n) is 17.8. The fourth-order valence-corrected chi connectivity index (χ4v) is 2.26. The molecule has 8 heteroatoms. The van der Waals surface area contributed by atoms with Gasteiger partial charge in [-0.05, 0) is 51.9 Å². The Morgan fingerprint density at radius 2 is 1.89 bits per heavy atom. The van der Waals surface area contributed by atoms with Gasteiger partial charge >= 0.3 is 6.09 Å². The molecule has 0 saturated heterocycles. The molecule has 7 nitrogen and oxygen atoms in total. The number of rotatable bonds is 10. The predicted octanol–water partition coefficient (Wildman–Crippen LogP) is 3.14. The van der Waals surface area contributed by atoms with Gasteiger partial charge in [-0.3, -0.25) is 4.99 Å². The lowest BCUT2D eigenvalue weighted by molar-refractivity contribution is 0.0491. The van der Waals surface area contributed by atoms with E-state index in [1.165, 1.54) is 12.8 Å². The normalized spacial score (nSPS) is 15.7. The Morgan fingerprint density at radius 3 is 2.41 bits per heavy atom. The molecule has 0 bridgehead atoms. The van der Waals surface area contributed by atoms with E-state index in [2.05, 4.69) is 34.8 Å². The second-order valence-electron chi connectivity index (χ2n) is 8.25. The van der Waals surface area contributed by atoms with Crippen LogP contribution in [0.25, 0.3) is 0 Å². The maximum Gasteiger partial charge on any atom is 0.407 e. The van der Waals surface area contributed by atoms with Crippen molar-refractivity contribution >= 4 is 36.0 Å². The minimum atomic E-state index is -0.502. The van der Waals surface area contributed by atoms with Crippen molar-refractivity contribution in [1.29, 1.82) is 0 Å². The van der Waals surface area contributed by atoms with Crippen molar-refractivity contribution in [3.05, 3.63) is 0 Å². The van der Waals surface area contributed by atoms with E-state index < -0.39 is 11.7 Å². The quantitative estimate of drug-likeness (QED) is 0.187. The summed E-state index contributed by atoms with van der Waals surface area (Å²) in [5, 5.41) is 9.47. The maximum atomic E-state index is 12.0. The van der Waals surface area contributed by atoms with Crippen LogP contribution in [0.5, 0.6) is 0 Å². The Balaban J connectivity index is 0.00000676. The first-order valence-electron chi connectivity index (χ1n) is 9.73. The SMILES string of the molecule is CN=C(NCCCOCC1CC1)NCC(NC(=O)OC(C)(C)C)C(C)C.I. The summed E-state index contributed by atoms with van der Waals surface area (Å²) in [4.78, 5) is 16.2. The Bertz CT molecular complexity index is 449. The van der Waals surface area contributed by atoms with E-state index in [1.54, 1.807) is 7.05 Å². The number of carbonyl (C=O) groups excluding carboxylic acids is 1. The average Bonchev–Trinajstić information content (AvgIpc) is 3.34. The molecule has 1 rings (SSSR count). The van der Waals surface area contributed by atoms with Gasteiger partial charge in [-0.25, -0.2) is 4.79 Å². The van der Waals surface area contributed by atoms with Crippen LogP contribution < -0.4 is 16.0 Å². The lowest BCUT2D eigenvalue weighted by atomic mass is 10.0. The molecule has 1 aliphatic carbocycles. The van der Waals surface area contributed by atoms with Gasteiger partial charge in [0.2, 0.25) is 0 Å². The van der Waals surface area contributed by atoms with Crippen molar-refractivity contribution in [2.24, 2.45) is 16.8 Å². The molecule has 0 aromatic heterocycles. The summed E-state index contributed by atoms with van der Waals surface area (Å²) >= 11 is 0. The number of hydrogen-bond acceptors (Lipinski definition) is 4. The van der Waals surface area contributed by atoms with Crippen LogP contribution in [-0.4, -0.2) is 57.0 Å². The second kappa shape index (κ2) is 13.4. The van der Waals surface area contributed by atoms with Crippen molar-refractivity contribution in [2.45, 2.75) is 65.5 Å². The maximum absolute atomic E-state index is 12.0. The number of amides is 1. The third-order valence-corrected chi connectivity index (χ3v) is 4.03. The molecule has 3 N–H and O–H groups in total. The number of hydrogen-bond donors (Lipinski definition) is 3. The van der Waals surface area contributed by atoms with Crippen molar-refractivity contribution in [3.8, 4) is 0 Å². The zero-order valence-corrected chi connectivity index (χ0v) is 20.1. The number of nitrogens with one attached hydrogen (secondary N) is 3. The lowest BCUT2D eigenvalue weighted by Gasteiger charge is -2.26. The molecule has 1 fully saturated rings. The predicted molar refractivity (Wildman–Crippen MR) is 121 cm³/mol. The van der Waals surface area contributed by atoms with Crippen LogP contribution >= 0.6 is 24.0 Å². The van der Waals surface area contributed by atoms with Crippen LogP contribution in [0.1, 0.15) is 53.9 Å². The molecule has 0 aliphatic heterocycles. The summed E-state index contributed by atoms with van der Waals surface area (Å²) in [6, 6.07) is -0.0507. The monoisotopic (exact) mass is 498 g/mol. The van der Waals surface area contributed by atoms with Crippen LogP contribution in [0.15, 0.2) is 4.99 Å². The Labute approximate surface area is 181 Å². The molecule has 1 unspecified atom stereocenters. The molecule has 1 atom stereocenters. The van der Waals surface area contributed by atoms with Crippen molar-refractivity contribution in [3.63, 3.8) is 0 Å². The molecule has 27 heavy (non-hydrogen) atoms. The summed E-state index contributed by atoms with van der Waals surface area (Å²) in [6.07, 6.45) is 3.19. The highest BCUT2D eigenvalue weighted by Crippen LogP contribution is 2.28. The van der Waals surface area contributed by atoms with Gasteiger partial charge in [-0.2, -0.15) is 0 Å². The Hall–Kier alpha value is -0.770. The summed E-state index contributed by atoms with van der Waals surface area (Å²) < 4.78 is 11.0. The fraction of sp³-hybridized carbons (Fsp3) is 0.895. The van der Waals surface area contributed by atoms with E-state index in [1.807, 2.05) is 20.8 Å². The number of carbonyl (C=O) groups is 1. The van der Waals surface area contributed by atoms with E-state index in [9.17, 15) is 4.79 Å². The van der Waals surface area contributed by atoms with E-state index in [0.717, 1.165) is 38.1 Å². The summed E-state index contributed by atoms with van der Waals surface area (Å²) in [7, 11) is 1.74. The zero-order chi connectivity index (χ0) is 19.6. The van der Waals surface area contributed by atoms with Crippen LogP contribution in [0, 0.1) is 11.8 Å².